The third-order valence-electron chi connectivity index (χ3n) is 5.36. The molecule has 0 saturated carbocycles. The summed E-state index contributed by atoms with van der Waals surface area (Å²) in [7, 11) is 1.59. The second kappa shape index (κ2) is 7.84. The zero-order valence-corrected chi connectivity index (χ0v) is 16.0. The quantitative estimate of drug-likeness (QED) is 0.761. The van der Waals surface area contributed by atoms with E-state index in [-0.39, 0.29) is 17.9 Å². The van der Waals surface area contributed by atoms with Gasteiger partial charge in [0, 0.05) is 26.3 Å². The van der Waals surface area contributed by atoms with Gasteiger partial charge in [0.05, 0.1) is 12.5 Å². The van der Waals surface area contributed by atoms with Crippen LogP contribution in [-0.2, 0) is 11.2 Å². The van der Waals surface area contributed by atoms with Gasteiger partial charge in [-0.05, 0) is 35.2 Å². The first-order chi connectivity index (χ1) is 13.6. The number of hydrogen-bond donors (Lipinski definition) is 1. The lowest BCUT2D eigenvalue weighted by Gasteiger charge is -2.33. The Bertz CT molecular complexity index is 1010. The highest BCUT2D eigenvalue weighted by Crippen LogP contribution is 2.22. The third kappa shape index (κ3) is 3.76. The van der Waals surface area contributed by atoms with Crippen LogP contribution in [-0.4, -0.2) is 46.6 Å². The summed E-state index contributed by atoms with van der Waals surface area (Å²) in [6, 6.07) is 16.2. The van der Waals surface area contributed by atoms with Gasteiger partial charge in [-0.15, -0.1) is 0 Å². The molecule has 2 heterocycles. The highest BCUT2D eigenvalue weighted by molar-refractivity contribution is 5.91. The smallest absolute Gasteiger partial charge is 0.271 e. The van der Waals surface area contributed by atoms with Crippen LogP contribution in [0.5, 0.6) is 0 Å². The van der Waals surface area contributed by atoms with Crippen LogP contribution in [0.3, 0.4) is 0 Å². The zero-order chi connectivity index (χ0) is 19.5. The molecule has 1 aromatic heterocycles. The van der Waals surface area contributed by atoms with E-state index in [1.807, 2.05) is 34.0 Å². The van der Waals surface area contributed by atoms with Crippen LogP contribution >= 0.6 is 0 Å². The van der Waals surface area contributed by atoms with Crippen molar-refractivity contribution in [1.82, 2.24) is 20.0 Å². The number of nitrogens with zero attached hydrogens (tertiary/aromatic N) is 3. The van der Waals surface area contributed by atoms with Crippen molar-refractivity contribution in [2.24, 2.45) is 0 Å². The van der Waals surface area contributed by atoms with Gasteiger partial charge in [-0.1, -0.05) is 42.5 Å². The molecular weight excluding hydrogens is 352 g/mol. The number of amides is 2. The molecule has 1 aliphatic heterocycles. The van der Waals surface area contributed by atoms with E-state index in [2.05, 4.69) is 34.7 Å². The number of hydrogen-bond acceptors (Lipinski definition) is 3. The van der Waals surface area contributed by atoms with Crippen LogP contribution in [0.25, 0.3) is 10.8 Å². The largest absolute Gasteiger partial charge is 0.354 e. The molecular formula is C22H24N4O2. The molecule has 1 N–H and O–H groups in total. The molecule has 1 saturated heterocycles. The van der Waals surface area contributed by atoms with Gasteiger partial charge in [0.15, 0.2) is 0 Å². The van der Waals surface area contributed by atoms with E-state index in [1.54, 1.807) is 13.1 Å². The molecule has 0 aliphatic carbocycles. The molecule has 6 nitrogen and oxygen atoms in total. The van der Waals surface area contributed by atoms with E-state index in [0.29, 0.717) is 18.7 Å². The predicted octanol–water partition coefficient (Wildman–Crippen LogP) is 2.80. The minimum Gasteiger partial charge on any atom is -0.354 e. The van der Waals surface area contributed by atoms with Gasteiger partial charge in [0.2, 0.25) is 5.91 Å². The molecule has 2 aromatic carbocycles. The Labute approximate surface area is 164 Å². The van der Waals surface area contributed by atoms with Crippen molar-refractivity contribution in [3.8, 4) is 0 Å². The fourth-order valence-electron chi connectivity index (χ4n) is 3.82. The fourth-order valence-corrected chi connectivity index (χ4v) is 3.82. The van der Waals surface area contributed by atoms with Gasteiger partial charge in [-0.2, -0.15) is 5.10 Å². The van der Waals surface area contributed by atoms with Crippen molar-refractivity contribution in [2.75, 3.05) is 20.1 Å². The normalized spacial score (nSPS) is 16.9. The molecule has 0 spiro atoms. The highest BCUT2D eigenvalue weighted by atomic mass is 16.2. The Morgan fingerprint density at radius 1 is 1.14 bits per heavy atom. The van der Waals surface area contributed by atoms with Crippen molar-refractivity contribution in [1.29, 1.82) is 0 Å². The lowest BCUT2D eigenvalue weighted by Crippen LogP contribution is -2.41. The van der Waals surface area contributed by atoms with Crippen LogP contribution in [0.2, 0.25) is 0 Å². The number of rotatable bonds is 4. The summed E-state index contributed by atoms with van der Waals surface area (Å²) >= 11 is 0. The van der Waals surface area contributed by atoms with Crippen LogP contribution < -0.4 is 5.32 Å². The first-order valence-corrected chi connectivity index (χ1v) is 9.67. The maximum atomic E-state index is 12.9. The molecule has 1 fully saturated rings. The van der Waals surface area contributed by atoms with Crippen molar-refractivity contribution < 1.29 is 9.59 Å². The van der Waals surface area contributed by atoms with Gasteiger partial charge in [-0.3, -0.25) is 14.3 Å². The summed E-state index contributed by atoms with van der Waals surface area (Å²) in [5, 5.41) is 9.31. The van der Waals surface area contributed by atoms with Crippen LogP contribution in [0.15, 0.2) is 54.7 Å². The number of benzene rings is 2. The number of likely N-dealkylation sites (tertiary alicyclic amines) is 1. The van der Waals surface area contributed by atoms with Crippen molar-refractivity contribution >= 4 is 22.6 Å². The minimum absolute atomic E-state index is 0.104. The molecule has 144 valence electrons. The Hall–Kier alpha value is -3.15. The summed E-state index contributed by atoms with van der Waals surface area (Å²) in [6.07, 6.45) is 4.12. The summed E-state index contributed by atoms with van der Waals surface area (Å²) < 4.78 is 1.82. The minimum atomic E-state index is -0.196. The number of piperidine rings is 1. The average Bonchev–Trinajstić information content (AvgIpc) is 3.23. The Morgan fingerprint density at radius 2 is 1.96 bits per heavy atom. The van der Waals surface area contributed by atoms with Gasteiger partial charge < -0.3 is 10.2 Å². The number of aromatic nitrogens is 2. The second-order valence-corrected chi connectivity index (χ2v) is 7.25. The lowest BCUT2D eigenvalue weighted by molar-refractivity contribution is -0.132. The van der Waals surface area contributed by atoms with E-state index >= 15 is 0 Å². The van der Waals surface area contributed by atoms with Crippen LogP contribution in [0.1, 0.15) is 34.9 Å². The lowest BCUT2D eigenvalue weighted by atomic mass is 10.0. The maximum Gasteiger partial charge on any atom is 0.271 e. The van der Waals surface area contributed by atoms with Gasteiger partial charge in [-0.25, -0.2) is 0 Å². The summed E-state index contributed by atoms with van der Waals surface area (Å²) in [5.74, 6) is -0.0579. The summed E-state index contributed by atoms with van der Waals surface area (Å²) in [6.45, 7) is 1.40. The highest BCUT2D eigenvalue weighted by Gasteiger charge is 2.25. The van der Waals surface area contributed by atoms with Gasteiger partial charge in [0.1, 0.15) is 5.69 Å². The van der Waals surface area contributed by atoms with E-state index in [4.69, 9.17) is 0 Å². The molecule has 1 aliphatic rings. The number of fused-ring (bicyclic) bond motifs is 1. The Kier molecular flexibility index (Phi) is 5.10. The van der Waals surface area contributed by atoms with Gasteiger partial charge in [0.25, 0.3) is 5.91 Å². The van der Waals surface area contributed by atoms with E-state index in [0.717, 1.165) is 30.3 Å². The number of carbonyl (C=O) groups is 2. The summed E-state index contributed by atoms with van der Waals surface area (Å²) in [5.41, 5.74) is 1.44. The molecule has 4 rings (SSSR count). The van der Waals surface area contributed by atoms with Crippen molar-refractivity contribution in [3.05, 3.63) is 66.0 Å². The first kappa shape index (κ1) is 18.2. The SMILES string of the molecule is CNC(=O)c1ccn(C2CCCN(C(=O)Cc3ccc4ccccc4c3)C2)n1. The molecule has 28 heavy (non-hydrogen) atoms. The van der Waals surface area contributed by atoms with E-state index in [9.17, 15) is 9.59 Å². The maximum absolute atomic E-state index is 12.9. The Balaban J connectivity index is 1.44. The number of nitrogens with one attached hydrogen (secondary N) is 1. The molecule has 1 atom stereocenters. The van der Waals surface area contributed by atoms with Crippen LogP contribution in [0, 0.1) is 0 Å². The molecule has 0 radical (unpaired) electrons. The summed E-state index contributed by atoms with van der Waals surface area (Å²) in [4.78, 5) is 26.5. The molecule has 0 bridgehead atoms. The van der Waals surface area contributed by atoms with Crippen molar-refractivity contribution in [2.45, 2.75) is 25.3 Å². The van der Waals surface area contributed by atoms with Crippen molar-refractivity contribution in [3.63, 3.8) is 0 Å². The standard InChI is InChI=1S/C22H24N4O2/c1-23-22(28)20-10-12-26(24-20)19-7-4-11-25(15-19)21(27)14-16-8-9-17-5-2-3-6-18(17)13-16/h2-3,5-6,8-10,12-13,19H,4,7,11,14-15H2,1H3,(H,23,28). The molecule has 3 aromatic rings. The average molecular weight is 376 g/mol. The van der Waals surface area contributed by atoms with Gasteiger partial charge >= 0.3 is 0 Å². The van der Waals surface area contributed by atoms with Crippen LogP contribution in [0.4, 0.5) is 0 Å². The second-order valence-electron chi connectivity index (χ2n) is 7.25. The third-order valence-corrected chi connectivity index (χ3v) is 5.36. The monoisotopic (exact) mass is 376 g/mol. The molecule has 2 amide bonds. The Morgan fingerprint density at radius 3 is 2.79 bits per heavy atom. The van der Waals surface area contributed by atoms with E-state index < -0.39 is 0 Å². The topological polar surface area (TPSA) is 67.2 Å². The zero-order valence-electron chi connectivity index (χ0n) is 16.0. The molecule has 1 unspecified atom stereocenters. The predicted molar refractivity (Wildman–Crippen MR) is 108 cm³/mol. The number of carbonyl (C=O) groups excluding carboxylic acids is 2. The fraction of sp³-hybridized carbons (Fsp3) is 0.318. The van der Waals surface area contributed by atoms with E-state index in [1.165, 1.54) is 5.39 Å². The first-order valence-electron chi connectivity index (χ1n) is 9.67. The molecule has 6 heteroatoms.